The van der Waals surface area contributed by atoms with E-state index in [0.717, 1.165) is 37.8 Å². The number of aromatic nitrogens is 2. The van der Waals surface area contributed by atoms with Crippen LogP contribution in [0.5, 0.6) is 0 Å². The summed E-state index contributed by atoms with van der Waals surface area (Å²) in [4.78, 5) is 12.0. The summed E-state index contributed by atoms with van der Waals surface area (Å²) < 4.78 is 7.43. The first-order chi connectivity index (χ1) is 10.1. The van der Waals surface area contributed by atoms with E-state index in [-0.39, 0.29) is 5.91 Å². The smallest absolute Gasteiger partial charge is 0.269 e. The molecule has 2 rings (SSSR count). The van der Waals surface area contributed by atoms with Crippen molar-refractivity contribution in [3.05, 3.63) is 17.5 Å². The van der Waals surface area contributed by atoms with Crippen molar-refractivity contribution in [2.45, 2.75) is 51.2 Å². The van der Waals surface area contributed by atoms with Gasteiger partial charge in [-0.1, -0.05) is 0 Å². The molecule has 1 fully saturated rings. The summed E-state index contributed by atoms with van der Waals surface area (Å²) in [7, 11) is 1.78. The van der Waals surface area contributed by atoms with Crippen molar-refractivity contribution in [3.63, 3.8) is 0 Å². The quantitative estimate of drug-likeness (QED) is 0.771. The van der Waals surface area contributed by atoms with E-state index in [0.29, 0.717) is 31.0 Å². The molecule has 0 bridgehead atoms. The number of nitrogens with zero attached hydrogens (tertiary/aromatic N) is 2. The fraction of sp³-hybridized carbons (Fsp3) is 0.733. The molecular weight excluding hydrogens is 268 g/mol. The molecule has 1 amide bonds. The SMILES string of the molecule is Cc1cc(C(=O)NCCCOC2CCC(N)CC2)n(C)n1. The molecule has 0 radical (unpaired) electrons. The topological polar surface area (TPSA) is 82.2 Å². The van der Waals surface area contributed by atoms with Gasteiger partial charge in [0.15, 0.2) is 0 Å². The molecule has 0 aliphatic heterocycles. The number of aryl methyl sites for hydroxylation is 2. The molecule has 0 spiro atoms. The first-order valence-electron chi connectivity index (χ1n) is 7.72. The van der Waals surface area contributed by atoms with Gasteiger partial charge in [0.05, 0.1) is 11.8 Å². The van der Waals surface area contributed by atoms with Crippen LogP contribution in [-0.4, -0.2) is 41.0 Å². The Morgan fingerprint density at radius 2 is 2.19 bits per heavy atom. The van der Waals surface area contributed by atoms with E-state index >= 15 is 0 Å². The van der Waals surface area contributed by atoms with Gasteiger partial charge in [-0.2, -0.15) is 5.10 Å². The second kappa shape index (κ2) is 7.56. The van der Waals surface area contributed by atoms with Crippen LogP contribution in [0.4, 0.5) is 0 Å². The largest absolute Gasteiger partial charge is 0.378 e. The minimum atomic E-state index is -0.0817. The molecule has 0 aromatic carbocycles. The van der Waals surface area contributed by atoms with Crippen LogP contribution < -0.4 is 11.1 Å². The van der Waals surface area contributed by atoms with Crippen LogP contribution in [0.3, 0.4) is 0 Å². The maximum atomic E-state index is 12.0. The van der Waals surface area contributed by atoms with Crippen molar-refractivity contribution < 1.29 is 9.53 Å². The van der Waals surface area contributed by atoms with Crippen molar-refractivity contribution in [2.24, 2.45) is 12.8 Å². The van der Waals surface area contributed by atoms with E-state index in [1.165, 1.54) is 0 Å². The van der Waals surface area contributed by atoms with Crippen molar-refractivity contribution in [1.82, 2.24) is 15.1 Å². The number of ether oxygens (including phenoxy) is 1. The Balaban J connectivity index is 1.59. The third-order valence-corrected chi connectivity index (χ3v) is 3.91. The van der Waals surface area contributed by atoms with Gasteiger partial charge in [0.25, 0.3) is 5.91 Å². The molecule has 21 heavy (non-hydrogen) atoms. The van der Waals surface area contributed by atoms with Crippen LogP contribution in [0.1, 0.15) is 48.3 Å². The lowest BCUT2D eigenvalue weighted by Gasteiger charge is -2.26. The molecule has 1 aromatic heterocycles. The van der Waals surface area contributed by atoms with E-state index in [4.69, 9.17) is 10.5 Å². The molecule has 0 atom stereocenters. The highest BCUT2D eigenvalue weighted by Gasteiger charge is 2.18. The van der Waals surface area contributed by atoms with Crippen molar-refractivity contribution in [1.29, 1.82) is 0 Å². The van der Waals surface area contributed by atoms with Gasteiger partial charge >= 0.3 is 0 Å². The van der Waals surface area contributed by atoms with Crippen LogP contribution in [0, 0.1) is 6.92 Å². The van der Waals surface area contributed by atoms with E-state index in [9.17, 15) is 4.79 Å². The monoisotopic (exact) mass is 294 g/mol. The van der Waals surface area contributed by atoms with Gasteiger partial charge in [-0.15, -0.1) is 0 Å². The van der Waals surface area contributed by atoms with Crippen LogP contribution >= 0.6 is 0 Å². The minimum absolute atomic E-state index is 0.0817. The standard InChI is InChI=1S/C15H26N4O2/c1-11-10-14(19(2)18-11)15(20)17-8-3-9-21-13-6-4-12(16)5-7-13/h10,12-13H,3-9,16H2,1-2H3,(H,17,20). The van der Waals surface area contributed by atoms with Gasteiger partial charge in [-0.05, 0) is 45.1 Å². The Kier molecular flexibility index (Phi) is 5.76. The van der Waals surface area contributed by atoms with Gasteiger partial charge < -0.3 is 15.8 Å². The third kappa shape index (κ3) is 4.82. The summed E-state index contributed by atoms with van der Waals surface area (Å²) in [6, 6.07) is 2.14. The van der Waals surface area contributed by atoms with Gasteiger partial charge in [0.2, 0.25) is 0 Å². The number of nitrogens with two attached hydrogens (primary N) is 1. The molecule has 0 unspecified atom stereocenters. The summed E-state index contributed by atoms with van der Waals surface area (Å²) >= 11 is 0. The summed E-state index contributed by atoms with van der Waals surface area (Å²) in [6.45, 7) is 3.18. The average Bonchev–Trinajstić information content (AvgIpc) is 2.79. The fourth-order valence-corrected chi connectivity index (χ4v) is 2.69. The fourth-order valence-electron chi connectivity index (χ4n) is 2.69. The molecule has 6 nitrogen and oxygen atoms in total. The van der Waals surface area contributed by atoms with Crippen LogP contribution in [-0.2, 0) is 11.8 Å². The zero-order valence-electron chi connectivity index (χ0n) is 13.0. The summed E-state index contributed by atoms with van der Waals surface area (Å²) in [5, 5.41) is 7.06. The maximum Gasteiger partial charge on any atom is 0.269 e. The van der Waals surface area contributed by atoms with Crippen LogP contribution in [0.25, 0.3) is 0 Å². The summed E-state index contributed by atoms with van der Waals surface area (Å²) in [6.07, 6.45) is 5.40. The lowest BCUT2D eigenvalue weighted by atomic mass is 9.94. The highest BCUT2D eigenvalue weighted by molar-refractivity contribution is 5.92. The van der Waals surface area contributed by atoms with Crippen molar-refractivity contribution in [3.8, 4) is 0 Å². The molecular formula is C15H26N4O2. The molecule has 1 aliphatic rings. The van der Waals surface area contributed by atoms with E-state index < -0.39 is 0 Å². The Hall–Kier alpha value is -1.40. The average molecular weight is 294 g/mol. The molecule has 1 heterocycles. The molecule has 1 aromatic rings. The Morgan fingerprint density at radius 3 is 2.81 bits per heavy atom. The molecule has 1 aliphatic carbocycles. The highest BCUT2D eigenvalue weighted by atomic mass is 16.5. The number of carbonyl (C=O) groups excluding carboxylic acids is 1. The zero-order chi connectivity index (χ0) is 15.2. The van der Waals surface area contributed by atoms with Gasteiger partial charge in [0.1, 0.15) is 5.69 Å². The second-order valence-electron chi connectivity index (χ2n) is 5.81. The Labute approximate surface area is 126 Å². The number of rotatable bonds is 6. The Morgan fingerprint density at radius 1 is 1.48 bits per heavy atom. The maximum absolute atomic E-state index is 12.0. The number of hydrogen-bond acceptors (Lipinski definition) is 4. The molecule has 118 valence electrons. The molecule has 0 saturated heterocycles. The lowest BCUT2D eigenvalue weighted by molar-refractivity contribution is 0.0241. The predicted octanol–water partition coefficient (Wildman–Crippen LogP) is 1.13. The number of amides is 1. The van der Waals surface area contributed by atoms with E-state index in [2.05, 4.69) is 10.4 Å². The predicted molar refractivity (Wildman–Crippen MR) is 81.1 cm³/mol. The van der Waals surface area contributed by atoms with Gasteiger partial charge in [0, 0.05) is 26.2 Å². The van der Waals surface area contributed by atoms with Crippen LogP contribution in [0.2, 0.25) is 0 Å². The van der Waals surface area contributed by atoms with E-state index in [1.54, 1.807) is 17.8 Å². The number of hydrogen-bond donors (Lipinski definition) is 2. The first-order valence-corrected chi connectivity index (χ1v) is 7.72. The number of nitrogens with one attached hydrogen (secondary N) is 1. The zero-order valence-corrected chi connectivity index (χ0v) is 13.0. The van der Waals surface area contributed by atoms with E-state index in [1.807, 2.05) is 6.92 Å². The normalized spacial score (nSPS) is 22.2. The summed E-state index contributed by atoms with van der Waals surface area (Å²) in [5.41, 5.74) is 7.31. The highest BCUT2D eigenvalue weighted by Crippen LogP contribution is 2.19. The third-order valence-electron chi connectivity index (χ3n) is 3.91. The first kappa shape index (κ1) is 16.0. The lowest BCUT2D eigenvalue weighted by Crippen LogP contribution is -2.31. The Bertz CT molecular complexity index is 464. The molecule has 1 saturated carbocycles. The van der Waals surface area contributed by atoms with Gasteiger partial charge in [-0.3, -0.25) is 9.48 Å². The van der Waals surface area contributed by atoms with Crippen LogP contribution in [0.15, 0.2) is 6.07 Å². The minimum Gasteiger partial charge on any atom is -0.378 e. The molecule has 3 N–H and O–H groups in total. The van der Waals surface area contributed by atoms with Crippen molar-refractivity contribution >= 4 is 5.91 Å². The van der Waals surface area contributed by atoms with Gasteiger partial charge in [-0.25, -0.2) is 0 Å². The molecule has 6 heteroatoms. The summed E-state index contributed by atoms with van der Waals surface area (Å²) in [5.74, 6) is -0.0817. The second-order valence-corrected chi connectivity index (χ2v) is 5.81. The number of carbonyl (C=O) groups is 1. The van der Waals surface area contributed by atoms with Crippen molar-refractivity contribution in [2.75, 3.05) is 13.2 Å².